The van der Waals surface area contributed by atoms with Gasteiger partial charge in [0.05, 0.1) is 22.0 Å². The zero-order valence-electron chi connectivity index (χ0n) is 10.1. The van der Waals surface area contributed by atoms with E-state index in [9.17, 15) is 8.42 Å². The van der Waals surface area contributed by atoms with Crippen molar-refractivity contribution >= 4 is 55.7 Å². The molecule has 0 saturated carbocycles. The average molecular weight is 408 g/mol. The summed E-state index contributed by atoms with van der Waals surface area (Å²) >= 11 is 7.56. The van der Waals surface area contributed by atoms with E-state index in [2.05, 4.69) is 27.6 Å². The molecule has 0 spiro atoms. The third kappa shape index (κ3) is 2.47. The molecule has 3 rings (SSSR count). The van der Waals surface area contributed by atoms with Gasteiger partial charge in [-0.25, -0.2) is 8.42 Å². The van der Waals surface area contributed by atoms with Crippen LogP contribution in [-0.4, -0.2) is 29.0 Å². The van der Waals surface area contributed by atoms with Crippen molar-refractivity contribution in [3.63, 3.8) is 0 Å². The number of fused-ring (bicyclic) bond motifs is 1. The van der Waals surface area contributed by atoms with Crippen LogP contribution in [0.5, 0.6) is 0 Å². The molecule has 7 heteroatoms. The van der Waals surface area contributed by atoms with E-state index in [0.717, 1.165) is 27.4 Å². The van der Waals surface area contributed by atoms with E-state index >= 15 is 0 Å². The lowest BCUT2D eigenvalue weighted by Gasteiger charge is -2.11. The summed E-state index contributed by atoms with van der Waals surface area (Å²) in [5.74, 6) is 0.311. The number of hydrogen-bond donors (Lipinski definition) is 1. The molecule has 1 N–H and O–H groups in total. The number of nitrogens with zero attached hydrogens (tertiary/aromatic N) is 1. The topological polar surface area (TPSA) is 54.9 Å². The monoisotopic (exact) mass is 408 g/mol. The van der Waals surface area contributed by atoms with Crippen LogP contribution in [0.1, 0.15) is 12.8 Å². The van der Waals surface area contributed by atoms with E-state index in [1.165, 1.54) is 0 Å². The Balaban J connectivity index is 2.06. The second kappa shape index (κ2) is 4.85. The Morgan fingerprint density at radius 1 is 1.47 bits per heavy atom. The maximum absolute atomic E-state index is 11.9. The lowest BCUT2D eigenvalue weighted by atomic mass is 10.2. The van der Waals surface area contributed by atoms with Gasteiger partial charge in [-0.05, 0) is 65.8 Å². The van der Waals surface area contributed by atoms with Gasteiger partial charge in [0.2, 0.25) is 0 Å². The molecule has 102 valence electrons. The second-order valence-electron chi connectivity index (χ2n) is 4.83. The van der Waals surface area contributed by atoms with E-state index in [1.807, 2.05) is 22.8 Å². The van der Waals surface area contributed by atoms with Crippen molar-refractivity contribution in [2.75, 3.05) is 5.75 Å². The summed E-state index contributed by atoms with van der Waals surface area (Å²) in [6, 6.07) is 6.02. The maximum Gasteiger partial charge on any atom is 0.178 e. The SMILES string of the molecule is O=S1(=O)CCCC1Cn1c(=S)[nH]c2cc(I)ccc21. The Bertz CT molecular complexity index is 792. The van der Waals surface area contributed by atoms with Gasteiger partial charge in [0, 0.05) is 10.1 Å². The summed E-state index contributed by atoms with van der Waals surface area (Å²) in [4.78, 5) is 3.15. The van der Waals surface area contributed by atoms with Crippen molar-refractivity contribution in [2.24, 2.45) is 0 Å². The Hall–Kier alpha value is -0.410. The Morgan fingerprint density at radius 3 is 2.95 bits per heavy atom. The fraction of sp³-hybridized carbons (Fsp3) is 0.417. The van der Waals surface area contributed by atoms with Crippen LogP contribution >= 0.6 is 34.8 Å². The number of H-pyrrole nitrogens is 1. The molecular weight excluding hydrogens is 395 g/mol. The number of rotatable bonds is 2. The van der Waals surface area contributed by atoms with Crippen LogP contribution in [0.2, 0.25) is 0 Å². The van der Waals surface area contributed by atoms with Gasteiger partial charge >= 0.3 is 0 Å². The van der Waals surface area contributed by atoms with Gasteiger partial charge in [0.1, 0.15) is 0 Å². The number of imidazole rings is 1. The number of aromatic nitrogens is 2. The van der Waals surface area contributed by atoms with Crippen LogP contribution in [-0.2, 0) is 16.4 Å². The first kappa shape index (κ1) is 13.6. The first-order chi connectivity index (χ1) is 8.97. The van der Waals surface area contributed by atoms with Crippen molar-refractivity contribution in [1.82, 2.24) is 9.55 Å². The molecular formula is C12H13IN2O2S2. The maximum atomic E-state index is 11.9. The number of halogens is 1. The van der Waals surface area contributed by atoms with Gasteiger partial charge in [-0.3, -0.25) is 0 Å². The number of aromatic amines is 1. The highest BCUT2D eigenvalue weighted by atomic mass is 127. The Labute approximate surface area is 130 Å². The largest absolute Gasteiger partial charge is 0.331 e. The summed E-state index contributed by atoms with van der Waals surface area (Å²) in [5, 5.41) is -0.294. The predicted molar refractivity (Wildman–Crippen MR) is 86.6 cm³/mol. The van der Waals surface area contributed by atoms with Gasteiger partial charge in [-0.2, -0.15) is 0 Å². The summed E-state index contributed by atoms with van der Waals surface area (Å²) in [5.41, 5.74) is 1.94. The molecule has 2 aromatic rings. The minimum absolute atomic E-state index is 0.294. The highest BCUT2D eigenvalue weighted by Gasteiger charge is 2.31. The molecule has 1 aliphatic heterocycles. The van der Waals surface area contributed by atoms with Gasteiger partial charge in [0.15, 0.2) is 14.6 Å². The zero-order valence-corrected chi connectivity index (χ0v) is 13.9. The third-order valence-corrected chi connectivity index (χ3v) is 6.84. The molecule has 4 nitrogen and oxygen atoms in total. The van der Waals surface area contributed by atoms with E-state index in [1.54, 1.807) is 0 Å². The van der Waals surface area contributed by atoms with Crippen molar-refractivity contribution in [3.05, 3.63) is 26.5 Å². The van der Waals surface area contributed by atoms with Gasteiger partial charge in [-0.15, -0.1) is 0 Å². The summed E-state index contributed by atoms with van der Waals surface area (Å²) in [6.45, 7) is 0.460. The van der Waals surface area contributed by atoms with Crippen molar-refractivity contribution < 1.29 is 8.42 Å². The fourth-order valence-electron chi connectivity index (χ4n) is 2.58. The molecule has 1 fully saturated rings. The first-order valence-corrected chi connectivity index (χ1v) is 9.27. The summed E-state index contributed by atoms with van der Waals surface area (Å²) in [7, 11) is -2.94. The first-order valence-electron chi connectivity index (χ1n) is 6.07. The molecule has 1 unspecified atom stereocenters. The fourth-order valence-corrected chi connectivity index (χ4v) is 5.16. The molecule has 2 heterocycles. The van der Waals surface area contributed by atoms with Gasteiger partial charge in [-0.1, -0.05) is 0 Å². The molecule has 0 aliphatic carbocycles. The van der Waals surface area contributed by atoms with E-state index in [4.69, 9.17) is 12.2 Å². The molecule has 1 atom stereocenters. The summed E-state index contributed by atoms with van der Waals surface area (Å²) in [6.07, 6.45) is 1.50. The average Bonchev–Trinajstić information content (AvgIpc) is 2.80. The van der Waals surface area contributed by atoms with Crippen molar-refractivity contribution in [3.8, 4) is 0 Å². The third-order valence-electron chi connectivity index (χ3n) is 3.59. The lowest BCUT2D eigenvalue weighted by molar-refractivity contribution is 0.568. The number of nitrogens with one attached hydrogen (secondary N) is 1. The standard InChI is InChI=1S/C12H13IN2O2S2/c13-8-3-4-11-10(6-8)14-12(18)15(11)7-9-2-1-5-19(9,16)17/h3-4,6,9H,1-2,5,7H2,(H,14,18). The highest BCUT2D eigenvalue weighted by Crippen LogP contribution is 2.24. The Kier molecular flexibility index (Phi) is 3.46. The second-order valence-corrected chi connectivity index (χ2v) is 8.87. The number of hydrogen-bond acceptors (Lipinski definition) is 3. The minimum Gasteiger partial charge on any atom is -0.331 e. The number of sulfone groups is 1. The molecule has 1 aromatic heterocycles. The van der Waals surface area contributed by atoms with Crippen LogP contribution in [0, 0.1) is 8.34 Å². The van der Waals surface area contributed by atoms with Crippen LogP contribution in [0.15, 0.2) is 18.2 Å². The normalized spacial score (nSPS) is 22.1. The van der Waals surface area contributed by atoms with Crippen molar-refractivity contribution in [2.45, 2.75) is 24.6 Å². The summed E-state index contributed by atoms with van der Waals surface area (Å²) < 4.78 is 27.5. The highest BCUT2D eigenvalue weighted by molar-refractivity contribution is 14.1. The molecule has 19 heavy (non-hydrogen) atoms. The van der Waals surface area contributed by atoms with E-state index in [0.29, 0.717) is 17.1 Å². The minimum atomic E-state index is -2.94. The van der Waals surface area contributed by atoms with Crippen LogP contribution in [0.3, 0.4) is 0 Å². The Morgan fingerprint density at radius 2 is 2.26 bits per heavy atom. The van der Waals surface area contributed by atoms with Crippen LogP contribution in [0.4, 0.5) is 0 Å². The quantitative estimate of drug-likeness (QED) is 0.614. The van der Waals surface area contributed by atoms with Crippen LogP contribution < -0.4 is 0 Å². The molecule has 0 radical (unpaired) electrons. The molecule has 0 bridgehead atoms. The van der Waals surface area contributed by atoms with Gasteiger partial charge in [0.25, 0.3) is 0 Å². The molecule has 1 aliphatic rings. The number of benzene rings is 1. The van der Waals surface area contributed by atoms with E-state index < -0.39 is 9.84 Å². The molecule has 1 saturated heterocycles. The van der Waals surface area contributed by atoms with Gasteiger partial charge < -0.3 is 9.55 Å². The van der Waals surface area contributed by atoms with Crippen LogP contribution in [0.25, 0.3) is 11.0 Å². The van der Waals surface area contributed by atoms with E-state index in [-0.39, 0.29) is 5.25 Å². The lowest BCUT2D eigenvalue weighted by Crippen LogP contribution is -2.22. The zero-order chi connectivity index (χ0) is 13.6. The van der Waals surface area contributed by atoms with Crippen molar-refractivity contribution in [1.29, 1.82) is 0 Å². The smallest absolute Gasteiger partial charge is 0.178 e. The molecule has 0 amide bonds. The molecule has 1 aromatic carbocycles. The predicted octanol–water partition coefficient (Wildman–Crippen LogP) is 2.88.